The van der Waals surface area contributed by atoms with Crippen molar-refractivity contribution in [2.75, 3.05) is 0 Å². The molecule has 0 saturated carbocycles. The summed E-state index contributed by atoms with van der Waals surface area (Å²) in [6, 6.07) is 20.5. The summed E-state index contributed by atoms with van der Waals surface area (Å²) in [5, 5.41) is 2.60. The van der Waals surface area contributed by atoms with Gasteiger partial charge in [0.25, 0.3) is 0 Å². The monoisotopic (exact) mass is 312 g/mol. The van der Waals surface area contributed by atoms with E-state index in [2.05, 4.69) is 88.9 Å². The molecule has 0 saturated heterocycles. The van der Waals surface area contributed by atoms with Crippen molar-refractivity contribution in [2.45, 2.75) is 39.0 Å². The topological polar surface area (TPSA) is 0 Å². The van der Waals surface area contributed by atoms with Gasteiger partial charge in [-0.2, -0.15) is 0 Å². The van der Waals surface area contributed by atoms with E-state index in [9.17, 15) is 0 Å². The maximum atomic E-state index is 4.09. The van der Waals surface area contributed by atoms with Gasteiger partial charge < -0.3 is 0 Å². The molecule has 0 fully saturated rings. The molecule has 0 spiro atoms. The fraction of sp³-hybridized carbons (Fsp3) is 0.250. The number of hydrogen-bond donors (Lipinski definition) is 0. The van der Waals surface area contributed by atoms with Crippen LogP contribution in [0.25, 0.3) is 21.9 Å². The summed E-state index contributed by atoms with van der Waals surface area (Å²) in [6.07, 6.45) is 0. The lowest BCUT2D eigenvalue weighted by atomic mass is 9.92. The minimum absolute atomic E-state index is 0.280. The van der Waals surface area contributed by atoms with Crippen molar-refractivity contribution in [1.29, 1.82) is 0 Å². The Labute approximate surface area is 144 Å². The van der Waals surface area contributed by atoms with Crippen LogP contribution in [0.1, 0.15) is 50.3 Å². The highest BCUT2D eigenvalue weighted by Gasteiger charge is 2.41. The second-order valence-electron chi connectivity index (χ2n) is 7.77. The summed E-state index contributed by atoms with van der Waals surface area (Å²) in [4.78, 5) is 0. The number of fused-ring (bicyclic) bond motifs is 2. The van der Waals surface area contributed by atoms with E-state index in [1.807, 2.05) is 0 Å². The standard InChI is InChI=1S/C24H24/c1-15(2)16(3)17-6-7-19-13-20(9-8-18(19)12-17)21-10-11-22-23(14-21)24(22,4)5/h6-14,16H,1H2,2-5H3. The SMILES string of the molecule is C=C(C)C(C)c1ccc2cc(-c3ccc4c(c3)C4(C)C)ccc2c1. The second kappa shape index (κ2) is 5.08. The van der Waals surface area contributed by atoms with Gasteiger partial charge in [0.15, 0.2) is 0 Å². The number of allylic oxidation sites excluding steroid dienone is 1. The van der Waals surface area contributed by atoms with Crippen LogP contribution < -0.4 is 0 Å². The van der Waals surface area contributed by atoms with Gasteiger partial charge in [0.2, 0.25) is 0 Å². The smallest absolute Gasteiger partial charge is 0.0152 e. The third-order valence-electron chi connectivity index (χ3n) is 5.74. The highest BCUT2D eigenvalue weighted by molar-refractivity contribution is 5.88. The van der Waals surface area contributed by atoms with Crippen LogP contribution >= 0.6 is 0 Å². The summed E-state index contributed by atoms with van der Waals surface area (Å²) in [7, 11) is 0. The van der Waals surface area contributed by atoms with Crippen molar-refractivity contribution in [2.24, 2.45) is 0 Å². The van der Waals surface area contributed by atoms with Gasteiger partial charge in [-0.15, -0.1) is 0 Å². The molecule has 0 amide bonds. The van der Waals surface area contributed by atoms with Crippen molar-refractivity contribution in [3.63, 3.8) is 0 Å². The van der Waals surface area contributed by atoms with Crippen molar-refractivity contribution < 1.29 is 0 Å². The lowest BCUT2D eigenvalue weighted by Crippen LogP contribution is -1.93. The van der Waals surface area contributed by atoms with Crippen LogP contribution in [0.5, 0.6) is 0 Å². The largest absolute Gasteiger partial charge is 0.0995 e. The van der Waals surface area contributed by atoms with Gasteiger partial charge in [-0.3, -0.25) is 0 Å². The fourth-order valence-electron chi connectivity index (χ4n) is 3.64. The molecule has 0 bridgehead atoms. The molecule has 0 aromatic heterocycles. The number of hydrogen-bond acceptors (Lipinski definition) is 0. The van der Waals surface area contributed by atoms with Gasteiger partial charge in [-0.1, -0.05) is 75.4 Å². The summed E-state index contributed by atoms with van der Waals surface area (Å²) in [5.74, 6) is 0.403. The Bertz CT molecular complexity index is 972. The van der Waals surface area contributed by atoms with Crippen LogP contribution in [0.2, 0.25) is 0 Å². The molecule has 3 aromatic carbocycles. The fourth-order valence-corrected chi connectivity index (χ4v) is 3.64. The van der Waals surface area contributed by atoms with E-state index in [0.717, 1.165) is 0 Å². The van der Waals surface area contributed by atoms with E-state index in [0.29, 0.717) is 5.92 Å². The van der Waals surface area contributed by atoms with Gasteiger partial charge in [0, 0.05) is 11.3 Å². The van der Waals surface area contributed by atoms with E-state index >= 15 is 0 Å². The molecule has 4 rings (SSSR count). The van der Waals surface area contributed by atoms with Crippen LogP contribution in [-0.4, -0.2) is 0 Å². The maximum Gasteiger partial charge on any atom is 0.0152 e. The quantitative estimate of drug-likeness (QED) is 0.465. The molecule has 120 valence electrons. The lowest BCUT2D eigenvalue weighted by molar-refractivity contribution is 0.793. The number of rotatable bonds is 3. The highest BCUT2D eigenvalue weighted by atomic mass is 14.4. The van der Waals surface area contributed by atoms with Gasteiger partial charge in [0.05, 0.1) is 0 Å². The van der Waals surface area contributed by atoms with Crippen molar-refractivity contribution in [3.05, 3.63) is 83.4 Å². The second-order valence-corrected chi connectivity index (χ2v) is 7.77. The molecule has 0 N–H and O–H groups in total. The minimum atomic E-state index is 0.280. The van der Waals surface area contributed by atoms with Gasteiger partial charge in [0.1, 0.15) is 0 Å². The Hall–Kier alpha value is -2.34. The molecule has 0 aliphatic heterocycles. The van der Waals surface area contributed by atoms with E-state index in [1.165, 1.54) is 44.2 Å². The van der Waals surface area contributed by atoms with E-state index in [1.54, 1.807) is 0 Å². The maximum absolute atomic E-state index is 4.09. The summed E-state index contributed by atoms with van der Waals surface area (Å²) >= 11 is 0. The third-order valence-corrected chi connectivity index (χ3v) is 5.74. The summed E-state index contributed by atoms with van der Waals surface area (Å²) in [6.45, 7) is 13.0. The average Bonchev–Trinajstić information content (AvgIpc) is 3.14. The Balaban J connectivity index is 1.73. The first-order valence-corrected chi connectivity index (χ1v) is 8.72. The molecule has 0 heterocycles. The number of benzene rings is 3. The Morgan fingerprint density at radius 3 is 2.17 bits per heavy atom. The minimum Gasteiger partial charge on any atom is -0.0995 e. The average molecular weight is 312 g/mol. The normalized spacial score (nSPS) is 15.8. The third kappa shape index (κ3) is 2.29. The van der Waals surface area contributed by atoms with Crippen LogP contribution in [0.3, 0.4) is 0 Å². The summed E-state index contributed by atoms with van der Waals surface area (Å²) < 4.78 is 0. The lowest BCUT2D eigenvalue weighted by Gasteiger charge is -2.13. The molecule has 0 heteroatoms. The first-order valence-electron chi connectivity index (χ1n) is 8.72. The molecular weight excluding hydrogens is 288 g/mol. The van der Waals surface area contributed by atoms with Gasteiger partial charge in [-0.05, 0) is 57.6 Å². The Morgan fingerprint density at radius 2 is 1.46 bits per heavy atom. The van der Waals surface area contributed by atoms with E-state index in [4.69, 9.17) is 0 Å². The zero-order valence-corrected chi connectivity index (χ0v) is 15.0. The first-order chi connectivity index (χ1) is 11.4. The molecule has 1 unspecified atom stereocenters. The molecule has 1 aliphatic rings. The van der Waals surface area contributed by atoms with Crippen LogP contribution in [0.4, 0.5) is 0 Å². The van der Waals surface area contributed by atoms with Crippen molar-refractivity contribution >= 4 is 10.8 Å². The predicted octanol–water partition coefficient (Wildman–Crippen LogP) is 6.83. The van der Waals surface area contributed by atoms with Gasteiger partial charge in [-0.25, -0.2) is 0 Å². The molecular formula is C24H24. The summed E-state index contributed by atoms with van der Waals surface area (Å²) in [5.41, 5.74) is 8.43. The van der Waals surface area contributed by atoms with Crippen LogP contribution in [-0.2, 0) is 5.41 Å². The Kier molecular flexibility index (Phi) is 3.22. The molecule has 24 heavy (non-hydrogen) atoms. The highest BCUT2D eigenvalue weighted by Crippen LogP contribution is 2.50. The molecule has 3 aromatic rings. The van der Waals surface area contributed by atoms with E-state index in [-0.39, 0.29) is 5.41 Å². The molecule has 1 atom stereocenters. The zero-order chi connectivity index (χ0) is 17.1. The molecule has 1 aliphatic carbocycles. The first kappa shape index (κ1) is 15.2. The van der Waals surface area contributed by atoms with Crippen molar-refractivity contribution in [3.8, 4) is 11.1 Å². The zero-order valence-electron chi connectivity index (χ0n) is 15.0. The van der Waals surface area contributed by atoms with Gasteiger partial charge >= 0.3 is 0 Å². The van der Waals surface area contributed by atoms with Crippen LogP contribution in [0, 0.1) is 0 Å². The molecule has 0 nitrogen and oxygen atoms in total. The van der Waals surface area contributed by atoms with Crippen molar-refractivity contribution in [1.82, 2.24) is 0 Å². The van der Waals surface area contributed by atoms with Crippen LogP contribution in [0.15, 0.2) is 66.7 Å². The Morgan fingerprint density at radius 1 is 0.833 bits per heavy atom. The van der Waals surface area contributed by atoms with E-state index < -0.39 is 0 Å². The molecule has 0 radical (unpaired) electrons. The predicted molar refractivity (Wildman–Crippen MR) is 105 cm³/mol.